The summed E-state index contributed by atoms with van der Waals surface area (Å²) in [5.41, 5.74) is 6.13. The SMILES string of the molecule is Cc1cc(C(=O)N2CC(C(=O)Nc3ccc4c(c3)Cc3ccccc3-4)C2)no1. The third kappa shape index (κ3) is 2.78. The molecule has 2 aromatic carbocycles. The van der Waals surface area contributed by atoms with E-state index in [0.29, 0.717) is 18.8 Å². The molecule has 140 valence electrons. The molecule has 6 heteroatoms. The number of benzene rings is 2. The molecule has 0 bridgehead atoms. The van der Waals surface area contributed by atoms with Crippen LogP contribution in [0.5, 0.6) is 0 Å². The largest absolute Gasteiger partial charge is 0.361 e. The minimum atomic E-state index is -0.206. The number of anilines is 1. The summed E-state index contributed by atoms with van der Waals surface area (Å²) >= 11 is 0. The van der Waals surface area contributed by atoms with E-state index in [1.54, 1.807) is 17.9 Å². The molecule has 2 aliphatic rings. The van der Waals surface area contributed by atoms with E-state index in [0.717, 1.165) is 12.1 Å². The van der Waals surface area contributed by atoms with Crippen molar-refractivity contribution in [1.29, 1.82) is 0 Å². The molecule has 5 rings (SSSR count). The Balaban J connectivity index is 1.22. The molecule has 2 heterocycles. The molecule has 0 saturated carbocycles. The second-order valence-corrected chi connectivity index (χ2v) is 7.42. The van der Waals surface area contributed by atoms with Crippen LogP contribution in [0.4, 0.5) is 5.69 Å². The van der Waals surface area contributed by atoms with Crippen molar-refractivity contribution in [3.8, 4) is 11.1 Å². The fourth-order valence-electron chi connectivity index (χ4n) is 3.91. The van der Waals surface area contributed by atoms with E-state index in [1.807, 2.05) is 18.2 Å². The van der Waals surface area contributed by atoms with Gasteiger partial charge in [-0.25, -0.2) is 0 Å². The first-order valence-corrected chi connectivity index (χ1v) is 9.33. The second kappa shape index (κ2) is 6.34. The van der Waals surface area contributed by atoms with Crippen LogP contribution in [-0.2, 0) is 11.2 Å². The molecule has 1 aromatic heterocycles. The summed E-state index contributed by atoms with van der Waals surface area (Å²) in [6.07, 6.45) is 0.887. The third-order valence-corrected chi connectivity index (χ3v) is 5.45. The zero-order valence-corrected chi connectivity index (χ0v) is 15.4. The van der Waals surface area contributed by atoms with Gasteiger partial charge in [0.1, 0.15) is 5.76 Å². The third-order valence-electron chi connectivity index (χ3n) is 5.45. The first kappa shape index (κ1) is 16.7. The number of fused-ring (bicyclic) bond motifs is 3. The van der Waals surface area contributed by atoms with Gasteiger partial charge in [0.2, 0.25) is 5.91 Å². The van der Waals surface area contributed by atoms with Crippen LogP contribution in [0.25, 0.3) is 11.1 Å². The maximum atomic E-state index is 12.5. The van der Waals surface area contributed by atoms with Gasteiger partial charge in [0.15, 0.2) is 5.69 Å². The maximum absolute atomic E-state index is 12.5. The smallest absolute Gasteiger partial charge is 0.276 e. The summed E-state index contributed by atoms with van der Waals surface area (Å²) < 4.78 is 4.94. The van der Waals surface area contributed by atoms with Gasteiger partial charge in [0, 0.05) is 24.8 Å². The number of likely N-dealkylation sites (tertiary alicyclic amines) is 1. The van der Waals surface area contributed by atoms with E-state index in [4.69, 9.17) is 4.52 Å². The first-order chi connectivity index (χ1) is 13.6. The average Bonchev–Trinajstić information content (AvgIpc) is 3.23. The molecule has 0 spiro atoms. The van der Waals surface area contributed by atoms with Crippen molar-refractivity contribution in [3.05, 3.63) is 71.1 Å². The maximum Gasteiger partial charge on any atom is 0.276 e. The highest BCUT2D eigenvalue weighted by molar-refractivity contribution is 5.98. The summed E-state index contributed by atoms with van der Waals surface area (Å²) in [5, 5.41) is 6.73. The topological polar surface area (TPSA) is 75.4 Å². The number of nitrogens with zero attached hydrogens (tertiary/aromatic N) is 2. The molecule has 1 aliphatic carbocycles. The number of aromatic nitrogens is 1. The molecule has 1 saturated heterocycles. The highest BCUT2D eigenvalue weighted by atomic mass is 16.5. The molecule has 1 fully saturated rings. The van der Waals surface area contributed by atoms with Crippen LogP contribution < -0.4 is 5.32 Å². The first-order valence-electron chi connectivity index (χ1n) is 9.33. The van der Waals surface area contributed by atoms with E-state index in [9.17, 15) is 9.59 Å². The van der Waals surface area contributed by atoms with Gasteiger partial charge in [-0.05, 0) is 47.7 Å². The fraction of sp³-hybridized carbons (Fsp3) is 0.227. The van der Waals surface area contributed by atoms with Crippen LogP contribution in [0.3, 0.4) is 0 Å². The number of rotatable bonds is 3. The lowest BCUT2D eigenvalue weighted by molar-refractivity contribution is -0.123. The van der Waals surface area contributed by atoms with Crippen LogP contribution in [0.1, 0.15) is 27.4 Å². The number of aryl methyl sites for hydroxylation is 1. The quantitative estimate of drug-likeness (QED) is 0.598. The monoisotopic (exact) mass is 373 g/mol. The summed E-state index contributed by atoms with van der Waals surface area (Å²) in [5.74, 6) is 0.131. The van der Waals surface area contributed by atoms with Crippen LogP contribution in [-0.4, -0.2) is 35.0 Å². The molecule has 1 N–H and O–H groups in total. The van der Waals surface area contributed by atoms with Crippen molar-refractivity contribution in [3.63, 3.8) is 0 Å². The van der Waals surface area contributed by atoms with Crippen molar-refractivity contribution in [2.75, 3.05) is 18.4 Å². The molecule has 2 amide bonds. The number of amides is 2. The lowest BCUT2D eigenvalue weighted by atomic mass is 9.98. The summed E-state index contributed by atoms with van der Waals surface area (Å²) in [4.78, 5) is 26.4. The van der Waals surface area contributed by atoms with E-state index < -0.39 is 0 Å². The number of carbonyl (C=O) groups is 2. The average molecular weight is 373 g/mol. The number of hydrogen-bond donors (Lipinski definition) is 1. The predicted molar refractivity (Wildman–Crippen MR) is 104 cm³/mol. The summed E-state index contributed by atoms with van der Waals surface area (Å²) in [6, 6.07) is 16.1. The van der Waals surface area contributed by atoms with E-state index in [2.05, 4.69) is 34.7 Å². The molecule has 0 atom stereocenters. The van der Waals surface area contributed by atoms with E-state index in [-0.39, 0.29) is 23.4 Å². The lowest BCUT2D eigenvalue weighted by Gasteiger charge is -2.37. The van der Waals surface area contributed by atoms with Crippen LogP contribution >= 0.6 is 0 Å². The van der Waals surface area contributed by atoms with Gasteiger partial charge in [0.05, 0.1) is 5.92 Å². The van der Waals surface area contributed by atoms with Crippen molar-refractivity contribution in [2.24, 2.45) is 5.92 Å². The Kier molecular flexibility index (Phi) is 3.79. The molecular formula is C22H19N3O3. The number of hydrogen-bond acceptors (Lipinski definition) is 4. The minimum absolute atomic E-state index is 0.0594. The van der Waals surface area contributed by atoms with E-state index in [1.165, 1.54) is 22.3 Å². The highest BCUT2D eigenvalue weighted by Gasteiger charge is 2.37. The number of carbonyl (C=O) groups excluding carboxylic acids is 2. The number of nitrogens with one attached hydrogen (secondary N) is 1. The van der Waals surface area contributed by atoms with Crippen LogP contribution in [0, 0.1) is 12.8 Å². The molecular weight excluding hydrogens is 354 g/mol. The Hall–Kier alpha value is -3.41. The predicted octanol–water partition coefficient (Wildman–Crippen LogP) is 3.26. The van der Waals surface area contributed by atoms with E-state index >= 15 is 0 Å². The normalized spacial score (nSPS) is 15.0. The van der Waals surface area contributed by atoms with Crippen molar-refractivity contribution in [1.82, 2.24) is 10.1 Å². The summed E-state index contributed by atoms with van der Waals surface area (Å²) in [7, 11) is 0. The van der Waals surface area contributed by atoms with Gasteiger partial charge >= 0.3 is 0 Å². The Morgan fingerprint density at radius 3 is 2.64 bits per heavy atom. The molecule has 0 unspecified atom stereocenters. The zero-order chi connectivity index (χ0) is 19.3. The minimum Gasteiger partial charge on any atom is -0.361 e. The van der Waals surface area contributed by atoms with Gasteiger partial charge in [-0.3, -0.25) is 9.59 Å². The molecule has 6 nitrogen and oxygen atoms in total. The van der Waals surface area contributed by atoms with Crippen molar-refractivity contribution in [2.45, 2.75) is 13.3 Å². The van der Waals surface area contributed by atoms with Gasteiger partial charge in [0.25, 0.3) is 5.91 Å². The lowest BCUT2D eigenvalue weighted by Crippen LogP contribution is -2.54. The van der Waals surface area contributed by atoms with Crippen LogP contribution in [0.15, 0.2) is 53.1 Å². The Morgan fingerprint density at radius 2 is 1.86 bits per heavy atom. The molecule has 3 aromatic rings. The molecule has 0 radical (unpaired) electrons. The summed E-state index contributed by atoms with van der Waals surface area (Å²) in [6.45, 7) is 2.53. The van der Waals surface area contributed by atoms with Crippen molar-refractivity contribution >= 4 is 17.5 Å². The van der Waals surface area contributed by atoms with Gasteiger partial charge < -0.3 is 14.7 Å². The fourth-order valence-corrected chi connectivity index (χ4v) is 3.91. The second-order valence-electron chi connectivity index (χ2n) is 7.42. The Bertz CT molecular complexity index is 1100. The Labute approximate surface area is 162 Å². The van der Waals surface area contributed by atoms with Gasteiger partial charge in [-0.2, -0.15) is 0 Å². The van der Waals surface area contributed by atoms with Crippen LogP contribution in [0.2, 0.25) is 0 Å². The Morgan fingerprint density at radius 1 is 1.07 bits per heavy atom. The van der Waals surface area contributed by atoms with Gasteiger partial charge in [-0.1, -0.05) is 35.5 Å². The highest BCUT2D eigenvalue weighted by Crippen LogP contribution is 2.37. The molecule has 1 aliphatic heterocycles. The molecule has 28 heavy (non-hydrogen) atoms. The van der Waals surface area contributed by atoms with Gasteiger partial charge in [-0.15, -0.1) is 0 Å². The standard InChI is InChI=1S/C22H19N3O3/c1-13-8-20(24-28-13)22(27)25-11-16(12-25)21(26)23-17-6-7-19-15(10-17)9-14-4-2-3-5-18(14)19/h2-8,10,16H,9,11-12H2,1H3,(H,23,26). The van der Waals surface area contributed by atoms with Crippen molar-refractivity contribution < 1.29 is 14.1 Å². The zero-order valence-electron chi connectivity index (χ0n) is 15.4.